The summed E-state index contributed by atoms with van der Waals surface area (Å²) in [5, 5.41) is 41.3. The van der Waals surface area contributed by atoms with Crippen molar-refractivity contribution in [1.82, 2.24) is 0 Å². The number of rotatable bonds is 39. The molecule has 7 N–H and O–H groups in total. The monoisotopic (exact) mass is 1000 g/mol. The van der Waals surface area contributed by atoms with Gasteiger partial charge in [0.2, 0.25) is 0 Å². The zero-order chi connectivity index (χ0) is 50.0. The van der Waals surface area contributed by atoms with Crippen LogP contribution >= 0.6 is 15.6 Å². The summed E-state index contributed by atoms with van der Waals surface area (Å²) < 4.78 is 55.1. The van der Waals surface area contributed by atoms with Gasteiger partial charge < -0.3 is 49.3 Å². The molecule has 390 valence electrons. The Kier molecular flexibility index (Phi) is 32.9. The molecule has 1 aliphatic carbocycles. The van der Waals surface area contributed by atoms with Crippen LogP contribution in [0.25, 0.3) is 0 Å². The Balaban J connectivity index is 1.82. The molecule has 10 atom stereocenters. The maximum absolute atomic E-state index is 13.0. The van der Waals surface area contributed by atoms with E-state index in [-0.39, 0.29) is 12.8 Å². The predicted molar refractivity (Wildman–Crippen MR) is 259 cm³/mol. The minimum Gasteiger partial charge on any atom is -0.462 e. The molecule has 0 spiro atoms. The van der Waals surface area contributed by atoms with Gasteiger partial charge in [-0.15, -0.1) is 0 Å². The average molecular weight is 1010 g/mol. The SMILES string of the molecule is CCCCC/C=C\C/C=C\C/C=C\C/C=C\C/C=C\CCC(=O)O[C@H](COC(=O)CCCCCCC/C=C\CC1OC1CCCCC)COP(=O)(O)O[C@H]1C(O)C(O)C(O)[C@@H](OP(=O)(O)O)C1O. The molecular weight excluding hydrogens is 922 g/mol. The molecule has 1 saturated carbocycles. The maximum atomic E-state index is 13.0. The van der Waals surface area contributed by atoms with Gasteiger partial charge in [0.25, 0.3) is 0 Å². The highest BCUT2D eigenvalue weighted by Crippen LogP contribution is 2.49. The van der Waals surface area contributed by atoms with Crippen LogP contribution in [0.5, 0.6) is 0 Å². The lowest BCUT2D eigenvalue weighted by atomic mass is 9.85. The van der Waals surface area contributed by atoms with Crippen molar-refractivity contribution in [2.45, 2.75) is 210 Å². The molecule has 1 heterocycles. The van der Waals surface area contributed by atoms with E-state index in [9.17, 15) is 53.8 Å². The first-order valence-corrected chi connectivity index (χ1v) is 27.6. The van der Waals surface area contributed by atoms with Crippen molar-refractivity contribution in [2.75, 3.05) is 13.2 Å². The van der Waals surface area contributed by atoms with Gasteiger partial charge in [0.05, 0.1) is 18.8 Å². The summed E-state index contributed by atoms with van der Waals surface area (Å²) in [4.78, 5) is 54.3. The summed E-state index contributed by atoms with van der Waals surface area (Å²) in [7, 11) is -10.7. The molecule has 0 aromatic rings. The van der Waals surface area contributed by atoms with Crippen molar-refractivity contribution in [3.05, 3.63) is 72.9 Å². The van der Waals surface area contributed by atoms with Gasteiger partial charge >= 0.3 is 27.6 Å². The second kappa shape index (κ2) is 36.3. The number of ether oxygens (including phenoxy) is 3. The maximum Gasteiger partial charge on any atom is 0.472 e. The molecule has 0 aromatic heterocycles. The van der Waals surface area contributed by atoms with Gasteiger partial charge in [-0.3, -0.25) is 23.2 Å². The molecule has 1 saturated heterocycles. The highest BCUT2D eigenvalue weighted by Gasteiger charge is 2.54. The minimum atomic E-state index is -5.38. The van der Waals surface area contributed by atoms with Crippen LogP contribution in [-0.2, 0) is 46.5 Å². The highest BCUT2D eigenvalue weighted by atomic mass is 31.2. The lowest BCUT2D eigenvalue weighted by Gasteiger charge is -2.43. The Morgan fingerprint density at radius 1 is 0.544 bits per heavy atom. The molecule has 2 fully saturated rings. The van der Waals surface area contributed by atoms with E-state index < -0.39 is 83.5 Å². The Hall–Kier alpha value is -2.60. The molecule has 0 radical (unpaired) electrons. The number of aliphatic hydroxyl groups excluding tert-OH is 4. The lowest BCUT2D eigenvalue weighted by molar-refractivity contribution is -0.216. The van der Waals surface area contributed by atoms with Crippen LogP contribution in [0.3, 0.4) is 0 Å². The Morgan fingerprint density at radius 3 is 1.66 bits per heavy atom. The van der Waals surface area contributed by atoms with E-state index in [4.69, 9.17) is 23.3 Å². The number of phosphoric ester groups is 2. The second-order valence-corrected chi connectivity index (χ2v) is 19.8. The third-order valence-electron chi connectivity index (χ3n) is 11.2. The quantitative estimate of drug-likeness (QED) is 0.00998. The van der Waals surface area contributed by atoms with E-state index >= 15 is 0 Å². The molecule has 68 heavy (non-hydrogen) atoms. The smallest absolute Gasteiger partial charge is 0.462 e. The van der Waals surface area contributed by atoms with Crippen LogP contribution in [-0.4, -0.2) is 115 Å². The summed E-state index contributed by atoms with van der Waals surface area (Å²) in [6.45, 7) is 2.97. The van der Waals surface area contributed by atoms with E-state index in [2.05, 4.69) is 67.0 Å². The number of allylic oxidation sites excluding steroid dienone is 11. The van der Waals surface area contributed by atoms with Crippen molar-refractivity contribution >= 4 is 27.6 Å². The summed E-state index contributed by atoms with van der Waals surface area (Å²) in [6.07, 6.45) is 30.4. The van der Waals surface area contributed by atoms with Crippen molar-refractivity contribution in [1.29, 1.82) is 0 Å². The zero-order valence-corrected chi connectivity index (χ0v) is 42.0. The number of epoxide rings is 1. The molecule has 2 rings (SSSR count). The van der Waals surface area contributed by atoms with E-state index in [1.807, 2.05) is 18.2 Å². The van der Waals surface area contributed by atoms with Crippen molar-refractivity contribution in [2.24, 2.45) is 0 Å². The fraction of sp³-hybridized carbons (Fsp3) is 0.714. The molecule has 1 aliphatic heterocycles. The van der Waals surface area contributed by atoms with E-state index in [0.717, 1.165) is 70.6 Å². The first-order chi connectivity index (χ1) is 32.6. The highest BCUT2D eigenvalue weighted by molar-refractivity contribution is 7.47. The number of carbonyl (C=O) groups excluding carboxylic acids is 2. The van der Waals surface area contributed by atoms with Gasteiger partial charge in [0, 0.05) is 12.8 Å². The van der Waals surface area contributed by atoms with Crippen LogP contribution in [0.4, 0.5) is 0 Å². The van der Waals surface area contributed by atoms with Crippen LogP contribution in [0.1, 0.15) is 155 Å². The van der Waals surface area contributed by atoms with Crippen LogP contribution in [0.2, 0.25) is 0 Å². The molecular formula is C49H82O17P2. The van der Waals surface area contributed by atoms with Gasteiger partial charge in [-0.1, -0.05) is 138 Å². The van der Waals surface area contributed by atoms with Gasteiger partial charge in [-0.25, -0.2) is 9.13 Å². The summed E-state index contributed by atoms with van der Waals surface area (Å²) in [6, 6.07) is 0. The normalized spacial score (nSPS) is 24.8. The third kappa shape index (κ3) is 29.6. The van der Waals surface area contributed by atoms with Gasteiger partial charge in [-0.05, 0) is 77.0 Å². The number of aliphatic hydroxyl groups is 4. The molecule has 17 nitrogen and oxygen atoms in total. The van der Waals surface area contributed by atoms with E-state index in [0.29, 0.717) is 31.5 Å². The average Bonchev–Trinajstić information content (AvgIpc) is 4.05. The zero-order valence-electron chi connectivity index (χ0n) is 40.2. The Labute approximate surface area is 404 Å². The largest absolute Gasteiger partial charge is 0.472 e. The van der Waals surface area contributed by atoms with Gasteiger partial charge in [0.1, 0.15) is 43.2 Å². The number of carbonyl (C=O) groups is 2. The Morgan fingerprint density at radius 2 is 1.06 bits per heavy atom. The second-order valence-electron chi connectivity index (χ2n) is 17.2. The van der Waals surface area contributed by atoms with E-state index in [1.165, 1.54) is 38.5 Å². The first-order valence-electron chi connectivity index (χ1n) is 24.6. The fourth-order valence-electron chi connectivity index (χ4n) is 7.25. The number of hydrogen-bond acceptors (Lipinski definition) is 14. The predicted octanol–water partition coefficient (Wildman–Crippen LogP) is 8.61. The molecule has 0 amide bonds. The first kappa shape index (κ1) is 61.5. The molecule has 7 unspecified atom stereocenters. The van der Waals surface area contributed by atoms with Gasteiger partial charge in [0.15, 0.2) is 6.10 Å². The van der Waals surface area contributed by atoms with Crippen LogP contribution in [0, 0.1) is 0 Å². The number of hydrogen-bond donors (Lipinski definition) is 7. The van der Waals surface area contributed by atoms with Crippen LogP contribution in [0.15, 0.2) is 72.9 Å². The lowest BCUT2D eigenvalue weighted by Crippen LogP contribution is -2.64. The topological polar surface area (TPSA) is 269 Å². The molecule has 0 bridgehead atoms. The number of unbranched alkanes of at least 4 members (excludes halogenated alkanes) is 10. The van der Waals surface area contributed by atoms with Crippen molar-refractivity contribution in [3.8, 4) is 0 Å². The summed E-state index contributed by atoms with van der Waals surface area (Å²) >= 11 is 0. The number of phosphoric acid groups is 2. The third-order valence-corrected chi connectivity index (χ3v) is 12.7. The van der Waals surface area contributed by atoms with Gasteiger partial charge in [-0.2, -0.15) is 0 Å². The molecule has 2 aliphatic rings. The van der Waals surface area contributed by atoms with Crippen LogP contribution < -0.4 is 0 Å². The van der Waals surface area contributed by atoms with Crippen molar-refractivity contribution in [3.63, 3.8) is 0 Å². The molecule has 0 aromatic carbocycles. The molecule has 19 heteroatoms. The standard InChI is InChI=1S/C49H82O17P2/c1-3-5-7-8-9-10-11-12-13-14-15-16-17-18-19-20-25-28-32-36-43(51)63-39(38-62-68(59,60)66-49-46(54)44(52)45(53)48(47(49)55)65-67(56,57)58)37-61-42(50)35-31-27-24-22-21-23-26-30-34-41-40(64-41)33-29-6-4-2/h9-10,12-13,15-16,18-19,25-26,28,30,39-41,44-49,52-55H,3-8,11,14,17,20-24,27,29,31-38H2,1-2H3,(H,59,60)(H2,56,57,58)/b10-9-,13-12-,16-15-,19-18-,28-25-,30-26-/t39-,40?,41?,44?,45?,46?,47?,48-,49+/m1/s1. The van der Waals surface area contributed by atoms with Crippen molar-refractivity contribution < 1.29 is 81.6 Å². The fourth-order valence-corrected chi connectivity index (χ4v) is 8.79. The Bertz CT molecular complexity index is 1660. The number of esters is 2. The van der Waals surface area contributed by atoms with E-state index in [1.54, 1.807) is 6.08 Å². The minimum absolute atomic E-state index is 0.0809. The summed E-state index contributed by atoms with van der Waals surface area (Å²) in [5.74, 6) is -1.33. The summed E-state index contributed by atoms with van der Waals surface area (Å²) in [5.41, 5.74) is 0.